The van der Waals surface area contributed by atoms with Crippen molar-refractivity contribution in [2.24, 2.45) is 5.92 Å². The molecule has 0 aromatic rings. The minimum Gasteiger partial charge on any atom is -0.315 e. The third kappa shape index (κ3) is 3.70. The van der Waals surface area contributed by atoms with Crippen molar-refractivity contribution in [1.29, 1.82) is 0 Å². The lowest BCUT2D eigenvalue weighted by atomic mass is 10.1. The summed E-state index contributed by atoms with van der Waals surface area (Å²) >= 11 is 0. The van der Waals surface area contributed by atoms with Gasteiger partial charge in [0, 0.05) is 32.7 Å². The van der Waals surface area contributed by atoms with Crippen molar-refractivity contribution in [1.82, 2.24) is 15.5 Å². The molecule has 66 valence electrons. The van der Waals surface area contributed by atoms with Crippen LogP contribution in [0.3, 0.4) is 0 Å². The molecule has 0 radical (unpaired) electrons. The van der Waals surface area contributed by atoms with Gasteiger partial charge in [0.05, 0.1) is 0 Å². The Morgan fingerprint density at radius 2 is 1.73 bits per heavy atom. The molecule has 0 bridgehead atoms. The molecule has 11 heavy (non-hydrogen) atoms. The maximum Gasteiger partial charge on any atom is 0.00768 e. The van der Waals surface area contributed by atoms with Gasteiger partial charge >= 0.3 is 0 Å². The summed E-state index contributed by atoms with van der Waals surface area (Å²) in [6.45, 7) is 5.73. The predicted molar refractivity (Wildman–Crippen MR) is 47.8 cm³/mol. The van der Waals surface area contributed by atoms with Crippen LogP contribution in [0.1, 0.15) is 0 Å². The molecule has 0 aromatic heterocycles. The molecule has 3 heteroatoms. The Hall–Kier alpha value is -0.120. The first-order valence-corrected chi connectivity index (χ1v) is 4.35. The second kappa shape index (κ2) is 4.70. The van der Waals surface area contributed by atoms with E-state index < -0.39 is 0 Å². The van der Waals surface area contributed by atoms with Crippen LogP contribution in [0.25, 0.3) is 0 Å². The fourth-order valence-electron chi connectivity index (χ4n) is 1.51. The van der Waals surface area contributed by atoms with E-state index in [1.165, 1.54) is 6.54 Å². The minimum atomic E-state index is 0.771. The van der Waals surface area contributed by atoms with Crippen LogP contribution >= 0.6 is 0 Å². The molecular weight excluding hydrogens is 138 g/mol. The summed E-state index contributed by atoms with van der Waals surface area (Å²) in [7, 11) is 4.26. The summed E-state index contributed by atoms with van der Waals surface area (Å²) in [6, 6.07) is 0. The second-order valence-electron chi connectivity index (χ2n) is 3.54. The van der Waals surface area contributed by atoms with E-state index in [4.69, 9.17) is 0 Å². The van der Waals surface area contributed by atoms with Crippen LogP contribution in [0, 0.1) is 5.92 Å². The first-order valence-electron chi connectivity index (χ1n) is 4.35. The van der Waals surface area contributed by atoms with Gasteiger partial charge in [-0.25, -0.2) is 0 Å². The van der Waals surface area contributed by atoms with E-state index in [2.05, 4.69) is 29.6 Å². The first kappa shape index (κ1) is 8.97. The molecule has 0 aliphatic carbocycles. The van der Waals surface area contributed by atoms with Crippen molar-refractivity contribution >= 4 is 0 Å². The molecule has 0 atom stereocenters. The van der Waals surface area contributed by atoms with Crippen LogP contribution in [0.5, 0.6) is 0 Å². The zero-order chi connectivity index (χ0) is 8.10. The quantitative estimate of drug-likeness (QED) is 0.558. The van der Waals surface area contributed by atoms with Gasteiger partial charge in [-0.2, -0.15) is 0 Å². The van der Waals surface area contributed by atoms with Crippen molar-refractivity contribution < 1.29 is 0 Å². The van der Waals surface area contributed by atoms with Crippen molar-refractivity contribution in [2.45, 2.75) is 0 Å². The standard InChI is InChI=1S/C8H19N3/c1-11(2)7-8-5-9-3-4-10-6-8/h8-10H,3-7H2,1-2H3. The van der Waals surface area contributed by atoms with Crippen LogP contribution in [0.2, 0.25) is 0 Å². The highest BCUT2D eigenvalue weighted by molar-refractivity contribution is 4.71. The average molecular weight is 157 g/mol. The van der Waals surface area contributed by atoms with E-state index in [0.717, 1.165) is 32.1 Å². The fourth-order valence-corrected chi connectivity index (χ4v) is 1.51. The molecule has 0 aromatic carbocycles. The van der Waals surface area contributed by atoms with E-state index in [1.807, 2.05) is 0 Å². The third-order valence-corrected chi connectivity index (χ3v) is 1.97. The van der Waals surface area contributed by atoms with Gasteiger partial charge in [0.1, 0.15) is 0 Å². The van der Waals surface area contributed by atoms with Gasteiger partial charge < -0.3 is 15.5 Å². The summed E-state index contributed by atoms with van der Waals surface area (Å²) in [5, 5.41) is 6.83. The normalized spacial score (nSPS) is 22.1. The molecule has 2 N–H and O–H groups in total. The molecular formula is C8H19N3. The Balaban J connectivity index is 2.20. The summed E-state index contributed by atoms with van der Waals surface area (Å²) < 4.78 is 0. The van der Waals surface area contributed by atoms with Crippen LogP contribution in [-0.4, -0.2) is 51.7 Å². The number of nitrogens with zero attached hydrogens (tertiary/aromatic N) is 1. The van der Waals surface area contributed by atoms with Gasteiger partial charge in [0.15, 0.2) is 0 Å². The monoisotopic (exact) mass is 157 g/mol. The van der Waals surface area contributed by atoms with Gasteiger partial charge in [-0.05, 0) is 20.0 Å². The molecule has 1 rings (SSSR count). The van der Waals surface area contributed by atoms with Crippen LogP contribution < -0.4 is 10.6 Å². The van der Waals surface area contributed by atoms with Crippen LogP contribution in [0.4, 0.5) is 0 Å². The van der Waals surface area contributed by atoms with Crippen molar-refractivity contribution in [3.63, 3.8) is 0 Å². The Bertz CT molecular complexity index is 95.5. The number of nitrogens with one attached hydrogen (secondary N) is 2. The van der Waals surface area contributed by atoms with Crippen molar-refractivity contribution in [3.8, 4) is 0 Å². The average Bonchev–Trinajstić information content (AvgIpc) is 2.14. The molecule has 3 nitrogen and oxygen atoms in total. The molecule has 1 aliphatic heterocycles. The van der Waals surface area contributed by atoms with Gasteiger partial charge in [-0.3, -0.25) is 0 Å². The molecule has 0 unspecified atom stereocenters. The van der Waals surface area contributed by atoms with Crippen molar-refractivity contribution in [2.75, 3.05) is 46.8 Å². The molecule has 0 saturated carbocycles. The first-order chi connectivity index (χ1) is 5.29. The van der Waals surface area contributed by atoms with E-state index in [9.17, 15) is 0 Å². The summed E-state index contributed by atoms with van der Waals surface area (Å²) in [4.78, 5) is 2.25. The molecule has 1 saturated heterocycles. The van der Waals surface area contributed by atoms with E-state index in [0.29, 0.717) is 0 Å². The summed E-state index contributed by atoms with van der Waals surface area (Å²) in [5.74, 6) is 0.771. The third-order valence-electron chi connectivity index (χ3n) is 1.97. The highest BCUT2D eigenvalue weighted by Gasteiger charge is 2.11. The Kier molecular flexibility index (Phi) is 3.83. The number of hydrogen-bond acceptors (Lipinski definition) is 3. The largest absolute Gasteiger partial charge is 0.315 e. The predicted octanol–water partition coefficient (Wildman–Crippen LogP) is -0.643. The topological polar surface area (TPSA) is 27.3 Å². The molecule has 1 aliphatic rings. The van der Waals surface area contributed by atoms with Crippen LogP contribution in [0.15, 0.2) is 0 Å². The second-order valence-corrected chi connectivity index (χ2v) is 3.54. The summed E-state index contributed by atoms with van der Waals surface area (Å²) in [5.41, 5.74) is 0. The molecule has 1 fully saturated rings. The van der Waals surface area contributed by atoms with Crippen molar-refractivity contribution in [3.05, 3.63) is 0 Å². The van der Waals surface area contributed by atoms with Crippen LogP contribution in [-0.2, 0) is 0 Å². The summed E-state index contributed by atoms with van der Waals surface area (Å²) in [6.07, 6.45) is 0. The number of hydrogen-bond donors (Lipinski definition) is 2. The number of rotatable bonds is 2. The Morgan fingerprint density at radius 3 is 2.18 bits per heavy atom. The highest BCUT2D eigenvalue weighted by Crippen LogP contribution is 1.96. The van der Waals surface area contributed by atoms with E-state index >= 15 is 0 Å². The van der Waals surface area contributed by atoms with Gasteiger partial charge in [-0.15, -0.1) is 0 Å². The maximum absolute atomic E-state index is 3.41. The van der Waals surface area contributed by atoms with E-state index in [1.54, 1.807) is 0 Å². The zero-order valence-electron chi connectivity index (χ0n) is 7.56. The maximum atomic E-state index is 3.41. The van der Waals surface area contributed by atoms with Gasteiger partial charge in [0.25, 0.3) is 0 Å². The molecule has 0 amide bonds. The lowest BCUT2D eigenvalue weighted by molar-refractivity contribution is 0.320. The van der Waals surface area contributed by atoms with Gasteiger partial charge in [-0.1, -0.05) is 0 Å². The highest BCUT2D eigenvalue weighted by atomic mass is 15.1. The molecule has 0 spiro atoms. The fraction of sp³-hybridized carbons (Fsp3) is 1.00. The zero-order valence-corrected chi connectivity index (χ0v) is 7.56. The Morgan fingerprint density at radius 1 is 1.18 bits per heavy atom. The lowest BCUT2D eigenvalue weighted by Crippen LogP contribution is -2.32. The lowest BCUT2D eigenvalue weighted by Gasteiger charge is -2.18. The molecule has 1 heterocycles. The minimum absolute atomic E-state index is 0.771. The Labute approximate surface area is 69.1 Å². The van der Waals surface area contributed by atoms with Gasteiger partial charge in [0.2, 0.25) is 0 Å². The smallest absolute Gasteiger partial charge is 0.00768 e. The SMILES string of the molecule is CN(C)CC1CNCCNC1. The van der Waals surface area contributed by atoms with E-state index in [-0.39, 0.29) is 0 Å².